The summed E-state index contributed by atoms with van der Waals surface area (Å²) in [7, 11) is -0.550. The van der Waals surface area contributed by atoms with Gasteiger partial charge in [-0.3, -0.25) is 0 Å². The largest absolute Gasteiger partial charge is 0.598 e. The number of rotatable bonds is 7. The van der Waals surface area contributed by atoms with Crippen molar-refractivity contribution in [1.82, 2.24) is 9.71 Å². The minimum atomic E-state index is -2.03. The molecule has 150 valence electrons. The van der Waals surface area contributed by atoms with E-state index < -0.39 is 36.3 Å². The number of ether oxygens (including phenoxy) is 1. The first-order chi connectivity index (χ1) is 11.7. The van der Waals surface area contributed by atoms with Crippen molar-refractivity contribution in [3.63, 3.8) is 0 Å². The molecule has 2 atom stereocenters. The second-order valence-corrected chi connectivity index (χ2v) is 15.7. The molecule has 0 radical (unpaired) electrons. The summed E-state index contributed by atoms with van der Waals surface area (Å²) in [5.41, 5.74) is 0.504. The summed E-state index contributed by atoms with van der Waals surface area (Å²) in [5, 5.41) is 0.0327. The molecule has 0 fully saturated rings. The number of aromatic nitrogens is 1. The van der Waals surface area contributed by atoms with Crippen molar-refractivity contribution in [2.24, 2.45) is 0 Å². The summed E-state index contributed by atoms with van der Waals surface area (Å²) in [6.07, 6.45) is 1.11. The number of hydrogen-bond acceptors (Lipinski definition) is 5. The van der Waals surface area contributed by atoms with Gasteiger partial charge in [-0.05, 0) is 45.0 Å². The van der Waals surface area contributed by atoms with Gasteiger partial charge in [-0.1, -0.05) is 20.8 Å². The van der Waals surface area contributed by atoms with Crippen molar-refractivity contribution < 1.29 is 18.1 Å². The molecule has 0 bridgehead atoms. The van der Waals surface area contributed by atoms with E-state index in [0.29, 0.717) is 11.4 Å². The van der Waals surface area contributed by atoms with E-state index in [-0.39, 0.29) is 11.6 Å². The molecule has 0 aromatic carbocycles. The highest BCUT2D eigenvalue weighted by Crippen LogP contribution is 2.37. The zero-order chi connectivity index (χ0) is 20.3. The Kier molecular flexibility index (Phi) is 7.69. The highest BCUT2D eigenvalue weighted by atomic mass is 32.2. The maximum absolute atomic E-state index is 13.8. The van der Waals surface area contributed by atoms with E-state index >= 15 is 0 Å². The third kappa shape index (κ3) is 6.19. The van der Waals surface area contributed by atoms with Gasteiger partial charge in [0.15, 0.2) is 8.32 Å². The fraction of sp³-hybridized carbons (Fsp3) is 0.722. The summed E-state index contributed by atoms with van der Waals surface area (Å²) in [4.78, 5) is 4.00. The molecule has 0 spiro atoms. The van der Waals surface area contributed by atoms with Crippen LogP contribution in [0.25, 0.3) is 0 Å². The number of methoxy groups -OCH3 is 1. The van der Waals surface area contributed by atoms with Crippen molar-refractivity contribution in [1.29, 1.82) is 0 Å². The number of nitrogens with one attached hydrogen (secondary N) is 1. The molecular formula is C18H33FN2O3SSi. The van der Waals surface area contributed by atoms with Crippen LogP contribution in [0, 0.1) is 5.82 Å². The number of nitrogens with zero attached hydrogens (tertiary/aromatic N) is 1. The molecule has 2 unspecified atom stereocenters. The second-order valence-electron chi connectivity index (χ2n) is 8.87. The predicted molar refractivity (Wildman–Crippen MR) is 108 cm³/mol. The molecule has 0 aliphatic heterocycles. The maximum atomic E-state index is 13.8. The molecule has 1 aromatic rings. The van der Waals surface area contributed by atoms with Gasteiger partial charge in [0, 0.05) is 16.9 Å². The van der Waals surface area contributed by atoms with Gasteiger partial charge in [0.25, 0.3) is 0 Å². The molecule has 1 rings (SSSR count). The Morgan fingerprint density at radius 2 is 1.85 bits per heavy atom. The molecule has 0 saturated carbocycles. The summed E-state index contributed by atoms with van der Waals surface area (Å²) in [6.45, 7) is 16.6. The third-order valence-electron chi connectivity index (χ3n) is 4.64. The highest BCUT2D eigenvalue weighted by molar-refractivity contribution is 7.90. The molecule has 1 heterocycles. The molecule has 8 heteroatoms. The fourth-order valence-corrected chi connectivity index (χ4v) is 3.69. The lowest BCUT2D eigenvalue weighted by atomic mass is 10.1. The van der Waals surface area contributed by atoms with Crippen LogP contribution in [0.5, 0.6) is 5.88 Å². The van der Waals surface area contributed by atoms with E-state index in [1.807, 2.05) is 20.8 Å². The Balaban J connectivity index is 3.17. The van der Waals surface area contributed by atoms with Gasteiger partial charge in [0.2, 0.25) is 5.88 Å². The normalized spacial score (nSPS) is 15.7. The molecule has 5 nitrogen and oxygen atoms in total. The van der Waals surface area contributed by atoms with E-state index in [9.17, 15) is 8.94 Å². The zero-order valence-corrected chi connectivity index (χ0v) is 19.2. The van der Waals surface area contributed by atoms with Crippen LogP contribution in [0.1, 0.15) is 53.1 Å². The Morgan fingerprint density at radius 3 is 2.31 bits per heavy atom. The van der Waals surface area contributed by atoms with Crippen molar-refractivity contribution in [3.8, 4) is 5.88 Å². The number of halogens is 1. The van der Waals surface area contributed by atoms with Crippen LogP contribution in [-0.2, 0) is 15.8 Å². The fourth-order valence-electron chi connectivity index (χ4n) is 1.86. The lowest BCUT2D eigenvalue weighted by Gasteiger charge is -2.37. The standard InChI is InChI=1S/C18H33FN2O3SSi/c1-17(2,3)25(22)21-15(12-24-26(8,9)18(4,5)6)14-10-13(19)11-20-16(14)23-7/h10-11,15,21H,12H2,1-9H3. The van der Waals surface area contributed by atoms with E-state index in [1.54, 1.807) is 0 Å². The molecular weight excluding hydrogens is 371 g/mol. The van der Waals surface area contributed by atoms with Crippen molar-refractivity contribution in [2.45, 2.75) is 70.5 Å². The number of pyridine rings is 1. The third-order valence-corrected chi connectivity index (χ3v) is 10.7. The van der Waals surface area contributed by atoms with Crippen molar-refractivity contribution in [2.75, 3.05) is 13.7 Å². The minimum absolute atomic E-state index is 0.0327. The van der Waals surface area contributed by atoms with Gasteiger partial charge in [-0.15, -0.1) is 4.72 Å². The molecule has 26 heavy (non-hydrogen) atoms. The van der Waals surface area contributed by atoms with Crippen LogP contribution in [-0.4, -0.2) is 36.3 Å². The lowest BCUT2D eigenvalue weighted by molar-refractivity contribution is 0.252. The molecule has 0 saturated heterocycles. The average Bonchev–Trinajstić information content (AvgIpc) is 2.49. The lowest BCUT2D eigenvalue weighted by Crippen LogP contribution is -2.46. The summed E-state index contributed by atoms with van der Waals surface area (Å²) in [6, 6.07) is 0.862. The number of hydrogen-bond donors (Lipinski definition) is 1. The van der Waals surface area contributed by atoms with E-state index in [0.717, 1.165) is 6.20 Å². The predicted octanol–water partition coefficient (Wildman–Crippen LogP) is 4.34. The van der Waals surface area contributed by atoms with E-state index in [4.69, 9.17) is 9.16 Å². The van der Waals surface area contributed by atoms with Crippen LogP contribution < -0.4 is 9.46 Å². The van der Waals surface area contributed by atoms with Gasteiger partial charge in [0.05, 0.1) is 19.9 Å². The SMILES string of the molecule is COc1ncc(F)cc1C(CO[Si](C)(C)C(C)(C)C)N[S+]([O-])C(C)(C)C. The first-order valence-corrected chi connectivity index (χ1v) is 12.8. The molecule has 0 aliphatic rings. The first kappa shape index (κ1) is 23.4. The maximum Gasteiger partial charge on any atom is 0.218 e. The molecule has 1 N–H and O–H groups in total. The molecule has 1 aromatic heterocycles. The van der Waals surface area contributed by atoms with E-state index in [1.165, 1.54) is 13.2 Å². The summed E-state index contributed by atoms with van der Waals surface area (Å²) in [5.74, 6) is -0.171. The van der Waals surface area contributed by atoms with Gasteiger partial charge in [-0.25, -0.2) is 9.37 Å². The molecule has 0 aliphatic carbocycles. The first-order valence-electron chi connectivity index (χ1n) is 8.70. The second kappa shape index (κ2) is 8.56. The smallest absolute Gasteiger partial charge is 0.218 e. The van der Waals surface area contributed by atoms with E-state index in [2.05, 4.69) is 43.6 Å². The Bertz CT molecular complexity index is 603. The van der Waals surface area contributed by atoms with Gasteiger partial charge >= 0.3 is 0 Å². The monoisotopic (exact) mass is 404 g/mol. The Morgan fingerprint density at radius 1 is 1.27 bits per heavy atom. The topological polar surface area (TPSA) is 66.4 Å². The van der Waals surface area contributed by atoms with Crippen LogP contribution in [0.15, 0.2) is 12.3 Å². The van der Waals surface area contributed by atoms with Crippen LogP contribution in [0.3, 0.4) is 0 Å². The Hall–Kier alpha value is -0.673. The van der Waals surface area contributed by atoms with Crippen LogP contribution in [0.2, 0.25) is 18.1 Å². The van der Waals surface area contributed by atoms with Gasteiger partial charge in [-0.2, -0.15) is 0 Å². The summed E-state index contributed by atoms with van der Waals surface area (Å²) >= 11 is -1.35. The quantitative estimate of drug-likeness (QED) is 0.541. The van der Waals surface area contributed by atoms with Crippen LogP contribution in [0.4, 0.5) is 4.39 Å². The van der Waals surface area contributed by atoms with Crippen molar-refractivity contribution >= 4 is 19.7 Å². The molecule has 0 amide bonds. The van der Waals surface area contributed by atoms with Gasteiger partial charge < -0.3 is 13.7 Å². The minimum Gasteiger partial charge on any atom is -0.598 e. The van der Waals surface area contributed by atoms with Crippen LogP contribution >= 0.6 is 0 Å². The Labute approximate surface area is 161 Å². The average molecular weight is 405 g/mol. The zero-order valence-electron chi connectivity index (χ0n) is 17.4. The highest BCUT2D eigenvalue weighted by Gasteiger charge is 2.39. The van der Waals surface area contributed by atoms with Crippen molar-refractivity contribution in [3.05, 3.63) is 23.6 Å². The van der Waals surface area contributed by atoms with Gasteiger partial charge in [0.1, 0.15) is 16.6 Å². The summed E-state index contributed by atoms with van der Waals surface area (Å²) < 4.78 is 40.7.